The van der Waals surface area contributed by atoms with Gasteiger partial charge in [-0.25, -0.2) is 0 Å². The van der Waals surface area contributed by atoms with E-state index < -0.39 is 5.97 Å². The summed E-state index contributed by atoms with van der Waals surface area (Å²) >= 11 is 0. The summed E-state index contributed by atoms with van der Waals surface area (Å²) < 4.78 is 5.19. The Balaban J connectivity index is 2.65. The van der Waals surface area contributed by atoms with Crippen LogP contribution in [-0.4, -0.2) is 47.7 Å². The number of carbonyl (C=O) groups excluding carboxylic acids is 1. The first kappa shape index (κ1) is 12.0. The Hall–Kier alpha value is -1.10. The van der Waals surface area contributed by atoms with E-state index in [4.69, 9.17) is 9.84 Å². The van der Waals surface area contributed by atoms with Crippen LogP contribution in [0.3, 0.4) is 0 Å². The van der Waals surface area contributed by atoms with Crippen LogP contribution in [0.25, 0.3) is 0 Å². The number of nitrogens with zero attached hydrogens (tertiary/aromatic N) is 1. The van der Waals surface area contributed by atoms with Crippen molar-refractivity contribution in [2.24, 2.45) is 5.92 Å². The molecule has 5 nitrogen and oxygen atoms in total. The largest absolute Gasteiger partial charge is 0.481 e. The minimum atomic E-state index is -0.896. The predicted molar refractivity (Wildman–Crippen MR) is 53.4 cm³/mol. The molecule has 1 aliphatic rings. The highest BCUT2D eigenvalue weighted by Gasteiger charge is 2.30. The van der Waals surface area contributed by atoms with Gasteiger partial charge in [-0.2, -0.15) is 0 Å². The van der Waals surface area contributed by atoms with Crippen LogP contribution in [-0.2, 0) is 14.3 Å². The topological polar surface area (TPSA) is 66.8 Å². The maximum absolute atomic E-state index is 11.8. The summed E-state index contributed by atoms with van der Waals surface area (Å²) in [7, 11) is 0. The molecule has 0 aromatic carbocycles. The van der Waals surface area contributed by atoms with E-state index >= 15 is 0 Å². The maximum atomic E-state index is 11.8. The Morgan fingerprint density at radius 3 is 2.73 bits per heavy atom. The lowest BCUT2D eigenvalue weighted by atomic mass is 10.1. The molecule has 5 heteroatoms. The zero-order chi connectivity index (χ0) is 11.4. The van der Waals surface area contributed by atoms with Crippen molar-refractivity contribution in [3.05, 3.63) is 0 Å². The molecule has 1 amide bonds. The lowest BCUT2D eigenvalue weighted by molar-refractivity contribution is -0.148. The average Bonchev–Trinajstić information content (AvgIpc) is 2.16. The molecule has 1 saturated heterocycles. The fraction of sp³-hybridized carbons (Fsp3) is 0.800. The first-order valence-corrected chi connectivity index (χ1v) is 5.12. The number of carboxylic acid groups (broad SMARTS) is 1. The molecule has 86 valence electrons. The van der Waals surface area contributed by atoms with Gasteiger partial charge in [-0.05, 0) is 0 Å². The maximum Gasteiger partial charge on any atom is 0.305 e. The summed E-state index contributed by atoms with van der Waals surface area (Å²) in [6, 6.07) is -0.314. The van der Waals surface area contributed by atoms with Crippen molar-refractivity contribution in [1.82, 2.24) is 4.90 Å². The Labute approximate surface area is 89.0 Å². The molecule has 0 spiro atoms. The first-order valence-electron chi connectivity index (χ1n) is 5.12. The van der Waals surface area contributed by atoms with Crippen LogP contribution in [0.15, 0.2) is 0 Å². The highest BCUT2D eigenvalue weighted by Crippen LogP contribution is 2.14. The van der Waals surface area contributed by atoms with Gasteiger partial charge in [0.1, 0.15) is 0 Å². The van der Waals surface area contributed by atoms with Gasteiger partial charge in [0.25, 0.3) is 0 Å². The molecule has 1 fully saturated rings. The van der Waals surface area contributed by atoms with Gasteiger partial charge in [-0.1, -0.05) is 13.8 Å². The SMILES string of the molecule is CC(C)C(=O)N1CCOCC1CC(=O)O. The van der Waals surface area contributed by atoms with Crippen LogP contribution < -0.4 is 0 Å². The molecule has 1 heterocycles. The zero-order valence-corrected chi connectivity index (χ0v) is 9.10. The average molecular weight is 215 g/mol. The first-order chi connectivity index (χ1) is 7.02. The van der Waals surface area contributed by atoms with Gasteiger partial charge in [0.2, 0.25) is 5.91 Å². The van der Waals surface area contributed by atoms with Gasteiger partial charge in [0, 0.05) is 12.5 Å². The minimum Gasteiger partial charge on any atom is -0.481 e. The number of ether oxygens (including phenoxy) is 1. The lowest BCUT2D eigenvalue weighted by Crippen LogP contribution is -2.50. The smallest absolute Gasteiger partial charge is 0.305 e. The van der Waals surface area contributed by atoms with Crippen LogP contribution in [0, 0.1) is 5.92 Å². The Bertz CT molecular complexity index is 252. The molecule has 1 atom stereocenters. The summed E-state index contributed by atoms with van der Waals surface area (Å²) in [5.74, 6) is -0.990. The van der Waals surface area contributed by atoms with Gasteiger partial charge in [0.15, 0.2) is 0 Å². The summed E-state index contributed by atoms with van der Waals surface area (Å²) in [6.07, 6.45) is -0.0432. The van der Waals surface area contributed by atoms with E-state index in [1.165, 1.54) is 0 Å². The second kappa shape index (κ2) is 5.11. The second-order valence-electron chi connectivity index (χ2n) is 4.01. The molecule has 0 bridgehead atoms. The molecule has 0 aromatic heterocycles. The molecule has 1 unspecified atom stereocenters. The Morgan fingerprint density at radius 2 is 2.20 bits per heavy atom. The number of aliphatic carboxylic acids is 1. The number of hydrogen-bond acceptors (Lipinski definition) is 3. The summed E-state index contributed by atoms with van der Waals surface area (Å²) in [5.41, 5.74) is 0. The molecule has 0 saturated carbocycles. The van der Waals surface area contributed by atoms with Crippen LogP contribution in [0.1, 0.15) is 20.3 Å². The van der Waals surface area contributed by atoms with E-state index in [9.17, 15) is 9.59 Å². The number of rotatable bonds is 3. The van der Waals surface area contributed by atoms with Crippen LogP contribution in [0.4, 0.5) is 0 Å². The van der Waals surface area contributed by atoms with Gasteiger partial charge in [-0.3, -0.25) is 9.59 Å². The van der Waals surface area contributed by atoms with Crippen molar-refractivity contribution in [2.75, 3.05) is 19.8 Å². The summed E-state index contributed by atoms with van der Waals surface area (Å²) in [6.45, 7) is 4.94. The van der Waals surface area contributed by atoms with E-state index in [2.05, 4.69) is 0 Å². The Kier molecular flexibility index (Phi) is 4.08. The molecule has 1 N–H and O–H groups in total. The van der Waals surface area contributed by atoms with Gasteiger partial charge < -0.3 is 14.7 Å². The van der Waals surface area contributed by atoms with E-state index in [0.717, 1.165) is 0 Å². The van der Waals surface area contributed by atoms with Gasteiger partial charge in [0.05, 0.1) is 25.7 Å². The van der Waals surface area contributed by atoms with Crippen molar-refractivity contribution in [2.45, 2.75) is 26.3 Å². The third kappa shape index (κ3) is 3.20. The predicted octanol–water partition coefficient (Wildman–Crippen LogP) is 0.344. The third-order valence-corrected chi connectivity index (χ3v) is 2.41. The van der Waals surface area contributed by atoms with Crippen molar-refractivity contribution < 1.29 is 19.4 Å². The molecule has 0 aromatic rings. The monoisotopic (exact) mass is 215 g/mol. The number of carbonyl (C=O) groups is 2. The van der Waals surface area contributed by atoms with Crippen LogP contribution in [0.5, 0.6) is 0 Å². The quantitative estimate of drug-likeness (QED) is 0.737. The minimum absolute atomic E-state index is 0.00421. The van der Waals surface area contributed by atoms with E-state index in [-0.39, 0.29) is 24.3 Å². The fourth-order valence-electron chi connectivity index (χ4n) is 1.65. The van der Waals surface area contributed by atoms with Crippen molar-refractivity contribution in [3.8, 4) is 0 Å². The van der Waals surface area contributed by atoms with E-state index in [1.54, 1.807) is 4.90 Å². The molecule has 0 aliphatic carbocycles. The van der Waals surface area contributed by atoms with Gasteiger partial charge in [-0.15, -0.1) is 0 Å². The van der Waals surface area contributed by atoms with Crippen LogP contribution in [0.2, 0.25) is 0 Å². The molecule has 15 heavy (non-hydrogen) atoms. The summed E-state index contributed by atoms with van der Waals surface area (Å²) in [4.78, 5) is 24.0. The number of carboxylic acids is 1. The fourth-order valence-corrected chi connectivity index (χ4v) is 1.65. The molecule has 1 rings (SSSR count). The number of amides is 1. The third-order valence-electron chi connectivity index (χ3n) is 2.41. The normalized spacial score (nSPS) is 21.8. The molecule has 0 radical (unpaired) electrons. The van der Waals surface area contributed by atoms with Gasteiger partial charge >= 0.3 is 5.97 Å². The number of morpholine rings is 1. The van der Waals surface area contributed by atoms with Crippen molar-refractivity contribution in [3.63, 3.8) is 0 Å². The molecule has 1 aliphatic heterocycles. The van der Waals surface area contributed by atoms with E-state index in [0.29, 0.717) is 19.8 Å². The summed E-state index contributed by atoms with van der Waals surface area (Å²) in [5, 5.41) is 8.71. The lowest BCUT2D eigenvalue weighted by Gasteiger charge is -2.35. The molecular weight excluding hydrogens is 198 g/mol. The van der Waals surface area contributed by atoms with Crippen LogP contribution >= 0.6 is 0 Å². The zero-order valence-electron chi connectivity index (χ0n) is 9.10. The second-order valence-corrected chi connectivity index (χ2v) is 4.01. The standard InChI is InChI=1S/C10H17NO4/c1-7(2)10(14)11-3-4-15-6-8(11)5-9(12)13/h7-8H,3-6H2,1-2H3,(H,12,13). The highest BCUT2D eigenvalue weighted by atomic mass is 16.5. The van der Waals surface area contributed by atoms with Crippen molar-refractivity contribution in [1.29, 1.82) is 0 Å². The number of hydrogen-bond donors (Lipinski definition) is 1. The Morgan fingerprint density at radius 1 is 1.53 bits per heavy atom. The highest BCUT2D eigenvalue weighted by molar-refractivity contribution is 5.79. The van der Waals surface area contributed by atoms with Crippen molar-refractivity contribution >= 4 is 11.9 Å². The molecular formula is C10H17NO4. The van der Waals surface area contributed by atoms with E-state index in [1.807, 2.05) is 13.8 Å².